The number of hydrogen-bond donors (Lipinski definition) is 2. The third kappa shape index (κ3) is 10.2. The normalized spacial score (nSPS) is 15.0. The first-order chi connectivity index (χ1) is 32.7. The van der Waals surface area contributed by atoms with Gasteiger partial charge in [-0.05, 0) is 167 Å². The van der Waals surface area contributed by atoms with E-state index < -0.39 is 0 Å². The summed E-state index contributed by atoms with van der Waals surface area (Å²) < 4.78 is 9.87. The van der Waals surface area contributed by atoms with Crippen molar-refractivity contribution in [3.8, 4) is 22.9 Å². The maximum atomic E-state index is 15.0. The van der Waals surface area contributed by atoms with Gasteiger partial charge in [-0.25, -0.2) is 4.98 Å². The van der Waals surface area contributed by atoms with Gasteiger partial charge in [0.05, 0.1) is 29.4 Å². The minimum Gasteiger partial charge on any atom is -0.508 e. The van der Waals surface area contributed by atoms with E-state index in [2.05, 4.69) is 58.5 Å². The van der Waals surface area contributed by atoms with Crippen LogP contribution in [0.3, 0.4) is 0 Å². The summed E-state index contributed by atoms with van der Waals surface area (Å²) in [5, 5.41) is 15.1. The minimum atomic E-state index is -0.152. The number of rotatable bonds is 16. The molecule has 1 atom stereocenters. The number of aromatic hydroxyl groups is 1. The Morgan fingerprint density at radius 3 is 2.43 bits per heavy atom. The van der Waals surface area contributed by atoms with Gasteiger partial charge in [-0.3, -0.25) is 19.0 Å². The van der Waals surface area contributed by atoms with Crippen LogP contribution >= 0.6 is 0 Å². The number of benzene rings is 3. The molecule has 11 heteroatoms. The second-order valence-corrected chi connectivity index (χ2v) is 19.4. The summed E-state index contributed by atoms with van der Waals surface area (Å²) >= 11 is 0. The fourth-order valence-corrected chi connectivity index (χ4v) is 10.0. The minimum absolute atomic E-state index is 0.00192. The van der Waals surface area contributed by atoms with Gasteiger partial charge in [0, 0.05) is 61.3 Å². The Hall–Kier alpha value is -6.72. The van der Waals surface area contributed by atoms with Crippen molar-refractivity contribution in [3.63, 3.8) is 0 Å². The van der Waals surface area contributed by atoms with E-state index in [1.54, 1.807) is 22.9 Å². The van der Waals surface area contributed by atoms with E-state index in [0.29, 0.717) is 61.8 Å². The number of nitrogens with one attached hydrogen (secondary N) is 1. The van der Waals surface area contributed by atoms with E-state index in [-0.39, 0.29) is 29.6 Å². The maximum absolute atomic E-state index is 15.0. The number of aryl methyl sites for hydroxylation is 1. The Balaban J connectivity index is 1.14. The van der Waals surface area contributed by atoms with Crippen molar-refractivity contribution in [2.24, 2.45) is 13.0 Å². The van der Waals surface area contributed by atoms with Gasteiger partial charge < -0.3 is 29.5 Å². The number of carbonyl (C=O) groups is 2. The Labute approximate surface area is 400 Å². The smallest absolute Gasteiger partial charge is 0.265 e. The molecular weight excluding hydrogens is 849 g/mol. The highest BCUT2D eigenvalue weighted by Crippen LogP contribution is 2.40. The van der Waals surface area contributed by atoms with Crippen molar-refractivity contribution in [3.05, 3.63) is 152 Å². The van der Waals surface area contributed by atoms with E-state index in [1.807, 2.05) is 88.2 Å². The number of pyridine rings is 2. The number of amides is 2. The van der Waals surface area contributed by atoms with Crippen molar-refractivity contribution in [2.75, 3.05) is 33.3 Å². The van der Waals surface area contributed by atoms with Crippen LogP contribution in [-0.2, 0) is 49.0 Å². The second-order valence-electron chi connectivity index (χ2n) is 19.4. The first-order valence-electron chi connectivity index (χ1n) is 24.0. The largest absolute Gasteiger partial charge is 0.508 e. The van der Waals surface area contributed by atoms with Gasteiger partial charge in [0.1, 0.15) is 5.75 Å². The molecule has 3 aromatic carbocycles. The van der Waals surface area contributed by atoms with Crippen LogP contribution in [0.5, 0.6) is 11.6 Å². The van der Waals surface area contributed by atoms with Crippen LogP contribution in [0.15, 0.2) is 113 Å². The van der Waals surface area contributed by atoms with Crippen LogP contribution in [0.1, 0.15) is 93.2 Å². The fraction of sp³-hybridized carbons (Fsp3) is 0.368. The van der Waals surface area contributed by atoms with Crippen molar-refractivity contribution >= 4 is 39.8 Å². The molecule has 2 N–H and O–H groups in total. The molecule has 68 heavy (non-hydrogen) atoms. The molecule has 11 nitrogen and oxygen atoms in total. The molecule has 0 spiro atoms. The van der Waals surface area contributed by atoms with E-state index >= 15 is 4.79 Å². The van der Waals surface area contributed by atoms with Crippen LogP contribution in [0.25, 0.3) is 38.8 Å². The highest BCUT2D eigenvalue weighted by molar-refractivity contribution is 6.08. The average Bonchev–Trinajstić information content (AvgIpc) is 3.68. The summed E-state index contributed by atoms with van der Waals surface area (Å²) in [5.41, 5.74) is 13.2. The number of hydrogen-bond acceptors (Lipinski definition) is 7. The SMILES string of the molecule is C=C(C)/C(C)=C/C(=C(C)C)n1c(=O)c2cc(-c3cc4c(cc3C(C)Cc3ccccc3CNC=O)CN(C(=O)Cc3ccc(OCCC5CCN(C)CC5)nc3)CC4)n(C)c2c2cc(O)ccc21. The Morgan fingerprint density at radius 2 is 1.72 bits per heavy atom. The highest BCUT2D eigenvalue weighted by Gasteiger charge is 2.27. The number of fused-ring (bicyclic) bond motifs is 4. The van der Waals surface area contributed by atoms with Gasteiger partial charge in [-0.15, -0.1) is 0 Å². The molecule has 3 aromatic heterocycles. The van der Waals surface area contributed by atoms with Gasteiger partial charge in [0.2, 0.25) is 18.2 Å². The molecule has 2 aliphatic rings. The summed E-state index contributed by atoms with van der Waals surface area (Å²) in [7, 11) is 4.17. The third-order valence-corrected chi connectivity index (χ3v) is 14.3. The molecule has 8 rings (SSSR count). The number of phenolic OH excluding ortho intramolecular Hbond substituents is 1. The topological polar surface area (TPSA) is 122 Å². The molecule has 2 amide bonds. The molecule has 2 aliphatic heterocycles. The number of ether oxygens (including phenoxy) is 1. The van der Waals surface area contributed by atoms with Gasteiger partial charge in [-0.2, -0.15) is 0 Å². The quantitative estimate of drug-likeness (QED) is 0.0733. The lowest BCUT2D eigenvalue weighted by Crippen LogP contribution is -2.37. The van der Waals surface area contributed by atoms with Crippen LogP contribution in [0, 0.1) is 5.92 Å². The van der Waals surface area contributed by atoms with Crippen molar-refractivity contribution < 1.29 is 19.4 Å². The zero-order valence-electron chi connectivity index (χ0n) is 40.8. The van der Waals surface area contributed by atoms with Gasteiger partial charge >= 0.3 is 0 Å². The van der Waals surface area contributed by atoms with E-state index in [0.717, 1.165) is 104 Å². The highest BCUT2D eigenvalue weighted by atomic mass is 16.5. The first kappa shape index (κ1) is 47.8. The molecule has 354 valence electrons. The van der Waals surface area contributed by atoms with Gasteiger partial charge in [0.15, 0.2) is 0 Å². The lowest BCUT2D eigenvalue weighted by molar-refractivity contribution is -0.131. The summed E-state index contributed by atoms with van der Waals surface area (Å²) in [6.07, 6.45) is 9.56. The molecule has 0 aliphatic carbocycles. The Bertz CT molecular complexity index is 3000. The standard InChI is InChI=1S/C57H66N6O5/c1-36(2)38(5)26-52(37(3)4)63-51-15-14-46(65)30-49(51)56-50(57(63)67)31-53(61(56)8)48-28-43-19-23-62(34-45(43)29-47(48)39(6)25-42-11-9-10-12-44(42)33-58-35-64)55(66)27-41-13-16-54(59-32-41)68-24-20-40-17-21-60(7)22-18-40/h9-16,26,28-32,35,39-40,65H,1,17-25,27,33-34H2,2-8H3,(H,58,64)/b38-26+. The Morgan fingerprint density at radius 1 is 0.956 bits per heavy atom. The van der Waals surface area contributed by atoms with Gasteiger partial charge in [-0.1, -0.05) is 61.0 Å². The van der Waals surface area contributed by atoms with Crippen LogP contribution in [0.4, 0.5) is 0 Å². The Kier molecular flexibility index (Phi) is 14.5. The molecule has 0 radical (unpaired) electrons. The number of allylic oxidation sites excluding steroid dienone is 5. The summed E-state index contributed by atoms with van der Waals surface area (Å²) in [6, 6.07) is 23.8. The molecule has 0 saturated carbocycles. The molecule has 0 bridgehead atoms. The lowest BCUT2D eigenvalue weighted by atomic mass is 9.84. The maximum Gasteiger partial charge on any atom is 0.265 e. The molecule has 1 fully saturated rings. The lowest BCUT2D eigenvalue weighted by Gasteiger charge is -2.31. The predicted octanol–water partition coefficient (Wildman–Crippen LogP) is 9.86. The number of nitrogens with zero attached hydrogens (tertiary/aromatic N) is 5. The first-order valence-corrected chi connectivity index (χ1v) is 24.0. The van der Waals surface area contributed by atoms with Gasteiger partial charge in [0.25, 0.3) is 5.56 Å². The van der Waals surface area contributed by atoms with Crippen molar-refractivity contribution in [1.29, 1.82) is 0 Å². The van der Waals surface area contributed by atoms with Crippen LogP contribution in [0.2, 0.25) is 0 Å². The molecule has 5 heterocycles. The number of phenols is 1. The molecular formula is C57H66N6O5. The van der Waals surface area contributed by atoms with Crippen molar-refractivity contribution in [2.45, 2.75) is 92.2 Å². The van der Waals surface area contributed by atoms with Crippen LogP contribution < -0.4 is 15.6 Å². The fourth-order valence-electron chi connectivity index (χ4n) is 10.0. The summed E-state index contributed by atoms with van der Waals surface area (Å²) in [6.45, 7) is 18.7. The predicted molar refractivity (Wildman–Crippen MR) is 274 cm³/mol. The number of carbonyl (C=O) groups excluding carboxylic acids is 2. The third-order valence-electron chi connectivity index (χ3n) is 14.3. The second kappa shape index (κ2) is 20.7. The molecule has 6 aromatic rings. The van der Waals surface area contributed by atoms with E-state index in [9.17, 15) is 14.7 Å². The summed E-state index contributed by atoms with van der Waals surface area (Å²) in [5.74, 6) is 1.44. The summed E-state index contributed by atoms with van der Waals surface area (Å²) in [4.78, 5) is 49.2. The number of aromatic nitrogens is 3. The molecule has 1 saturated heterocycles. The average molecular weight is 915 g/mol. The monoisotopic (exact) mass is 915 g/mol. The van der Waals surface area contributed by atoms with E-state index in [4.69, 9.17) is 4.74 Å². The molecule has 1 unspecified atom stereocenters. The van der Waals surface area contributed by atoms with E-state index in [1.165, 1.54) is 12.8 Å². The zero-order chi connectivity index (χ0) is 48.2. The van der Waals surface area contributed by atoms with Crippen LogP contribution in [-0.4, -0.2) is 74.6 Å². The number of piperidine rings is 1. The zero-order valence-corrected chi connectivity index (χ0v) is 40.8. The van der Waals surface area contributed by atoms with Crippen molar-refractivity contribution in [1.82, 2.24) is 29.2 Å². The number of likely N-dealkylation sites (tertiary alicyclic amines) is 1.